The van der Waals surface area contributed by atoms with Crippen molar-refractivity contribution in [2.24, 2.45) is 0 Å². The van der Waals surface area contributed by atoms with Crippen molar-refractivity contribution in [1.82, 2.24) is 0 Å². The fourth-order valence-electron chi connectivity index (χ4n) is 1.31. The molecule has 0 aliphatic rings. The summed E-state index contributed by atoms with van der Waals surface area (Å²) < 4.78 is 5.50. The summed E-state index contributed by atoms with van der Waals surface area (Å²) in [6.45, 7) is 0.459. The van der Waals surface area contributed by atoms with Gasteiger partial charge in [0.15, 0.2) is 0 Å². The zero-order valence-electron chi connectivity index (χ0n) is 8.72. The maximum Gasteiger partial charge on any atom is 0.337 e. The first-order valence-electron chi connectivity index (χ1n) is 4.85. The van der Waals surface area contributed by atoms with Gasteiger partial charge in [0.1, 0.15) is 12.4 Å². The summed E-state index contributed by atoms with van der Waals surface area (Å²) in [6.07, 6.45) is 0. The van der Waals surface area contributed by atoms with Crippen molar-refractivity contribution >= 4 is 28.9 Å². The molecule has 0 aliphatic heterocycles. The van der Waals surface area contributed by atoms with Gasteiger partial charge < -0.3 is 9.84 Å². The average Bonchev–Trinajstić information content (AvgIpc) is 2.78. The smallest absolute Gasteiger partial charge is 0.337 e. The van der Waals surface area contributed by atoms with Crippen LogP contribution in [0.5, 0.6) is 5.75 Å². The van der Waals surface area contributed by atoms with E-state index in [1.165, 1.54) is 12.1 Å². The highest BCUT2D eigenvalue weighted by molar-refractivity contribution is 7.09. The molecule has 1 aromatic heterocycles. The lowest BCUT2D eigenvalue weighted by molar-refractivity contribution is 0.0697. The Morgan fingerprint density at radius 3 is 2.82 bits per heavy atom. The lowest BCUT2D eigenvalue weighted by Crippen LogP contribution is -1.98. The van der Waals surface area contributed by atoms with Crippen LogP contribution in [0.1, 0.15) is 15.2 Å². The van der Waals surface area contributed by atoms with Gasteiger partial charge in [-0.2, -0.15) is 0 Å². The minimum absolute atomic E-state index is 0.0788. The summed E-state index contributed by atoms with van der Waals surface area (Å²) >= 11 is 7.43. The Balaban J connectivity index is 2.07. The number of aromatic carboxylic acids is 1. The van der Waals surface area contributed by atoms with Gasteiger partial charge in [0.2, 0.25) is 0 Å². The van der Waals surface area contributed by atoms with Crippen LogP contribution in [0.15, 0.2) is 35.7 Å². The topological polar surface area (TPSA) is 46.5 Å². The molecule has 0 radical (unpaired) electrons. The van der Waals surface area contributed by atoms with Gasteiger partial charge >= 0.3 is 5.97 Å². The van der Waals surface area contributed by atoms with E-state index in [1.807, 2.05) is 17.5 Å². The number of rotatable bonds is 4. The molecule has 0 aliphatic carbocycles. The zero-order chi connectivity index (χ0) is 12.3. The number of hydrogen-bond acceptors (Lipinski definition) is 3. The summed E-state index contributed by atoms with van der Waals surface area (Å²) in [5, 5.41) is 11.0. The van der Waals surface area contributed by atoms with Crippen LogP contribution in [0.4, 0.5) is 0 Å². The molecule has 5 heteroatoms. The second kappa shape index (κ2) is 5.21. The standard InChI is InChI=1S/C12H9ClO3S/c13-11-6-8(3-4-10(11)12(14)15)16-7-9-2-1-5-17-9/h1-6H,7H2,(H,14,15). The van der Waals surface area contributed by atoms with Crippen molar-refractivity contribution in [2.75, 3.05) is 0 Å². The second-order valence-electron chi connectivity index (χ2n) is 3.31. The largest absolute Gasteiger partial charge is 0.488 e. The van der Waals surface area contributed by atoms with Crippen LogP contribution in [0.2, 0.25) is 5.02 Å². The number of carbonyl (C=O) groups is 1. The molecule has 2 aromatic rings. The van der Waals surface area contributed by atoms with Crippen molar-refractivity contribution in [1.29, 1.82) is 0 Å². The van der Waals surface area contributed by atoms with Gasteiger partial charge in [0.25, 0.3) is 0 Å². The predicted molar refractivity (Wildman–Crippen MR) is 67.1 cm³/mol. The van der Waals surface area contributed by atoms with E-state index >= 15 is 0 Å². The van der Waals surface area contributed by atoms with E-state index in [4.69, 9.17) is 21.4 Å². The molecule has 0 saturated heterocycles. The third kappa shape index (κ3) is 2.99. The van der Waals surface area contributed by atoms with Crippen molar-refractivity contribution in [3.8, 4) is 5.75 Å². The highest BCUT2D eigenvalue weighted by Crippen LogP contribution is 2.23. The number of carboxylic acid groups (broad SMARTS) is 1. The molecule has 0 amide bonds. The van der Waals surface area contributed by atoms with E-state index in [1.54, 1.807) is 17.4 Å². The van der Waals surface area contributed by atoms with Crippen LogP contribution in [0.25, 0.3) is 0 Å². The minimum Gasteiger partial charge on any atom is -0.488 e. The number of thiophene rings is 1. The van der Waals surface area contributed by atoms with E-state index in [2.05, 4.69) is 0 Å². The van der Waals surface area contributed by atoms with Crippen molar-refractivity contribution in [3.05, 3.63) is 51.2 Å². The molecule has 0 spiro atoms. The van der Waals surface area contributed by atoms with Crippen LogP contribution < -0.4 is 4.74 Å². The van der Waals surface area contributed by atoms with E-state index in [0.29, 0.717) is 12.4 Å². The molecular formula is C12H9ClO3S. The molecular weight excluding hydrogens is 260 g/mol. The fourth-order valence-corrected chi connectivity index (χ4v) is 2.18. The van der Waals surface area contributed by atoms with Crippen LogP contribution in [0, 0.1) is 0 Å². The highest BCUT2D eigenvalue weighted by atomic mass is 35.5. The summed E-state index contributed by atoms with van der Waals surface area (Å²) in [4.78, 5) is 11.9. The van der Waals surface area contributed by atoms with Gasteiger partial charge in [-0.15, -0.1) is 11.3 Å². The Bertz CT molecular complexity index is 523. The lowest BCUT2D eigenvalue weighted by atomic mass is 10.2. The molecule has 1 N–H and O–H groups in total. The predicted octanol–water partition coefficient (Wildman–Crippen LogP) is 3.68. The van der Waals surface area contributed by atoms with E-state index < -0.39 is 5.97 Å². The van der Waals surface area contributed by atoms with Gasteiger partial charge in [-0.05, 0) is 29.6 Å². The summed E-state index contributed by atoms with van der Waals surface area (Å²) in [7, 11) is 0. The molecule has 0 atom stereocenters. The van der Waals surface area contributed by atoms with Crippen LogP contribution in [-0.2, 0) is 6.61 Å². The Hall–Kier alpha value is -1.52. The monoisotopic (exact) mass is 268 g/mol. The first kappa shape index (κ1) is 12.0. The third-order valence-corrected chi connectivity index (χ3v) is 3.29. The number of hydrogen-bond donors (Lipinski definition) is 1. The molecule has 1 aromatic carbocycles. The fraction of sp³-hybridized carbons (Fsp3) is 0.0833. The second-order valence-corrected chi connectivity index (χ2v) is 4.75. The van der Waals surface area contributed by atoms with Crippen molar-refractivity contribution in [3.63, 3.8) is 0 Å². The number of benzene rings is 1. The lowest BCUT2D eigenvalue weighted by Gasteiger charge is -2.06. The summed E-state index contributed by atoms with van der Waals surface area (Å²) in [5.41, 5.74) is 0.0788. The van der Waals surface area contributed by atoms with Gasteiger partial charge in [-0.25, -0.2) is 4.79 Å². The maximum absolute atomic E-state index is 10.8. The SMILES string of the molecule is O=C(O)c1ccc(OCc2cccs2)cc1Cl. The molecule has 0 fully saturated rings. The Kier molecular flexibility index (Phi) is 3.66. The number of ether oxygens (including phenoxy) is 1. The molecule has 88 valence electrons. The first-order valence-corrected chi connectivity index (χ1v) is 6.10. The van der Waals surface area contributed by atoms with Gasteiger partial charge in [-0.3, -0.25) is 0 Å². The maximum atomic E-state index is 10.8. The van der Waals surface area contributed by atoms with E-state index in [9.17, 15) is 4.79 Å². The first-order chi connectivity index (χ1) is 8.16. The Labute approximate surface area is 107 Å². The molecule has 3 nitrogen and oxygen atoms in total. The van der Waals surface area contributed by atoms with Crippen LogP contribution in [0.3, 0.4) is 0 Å². The van der Waals surface area contributed by atoms with Crippen molar-refractivity contribution in [2.45, 2.75) is 6.61 Å². The molecule has 1 heterocycles. The molecule has 0 bridgehead atoms. The zero-order valence-corrected chi connectivity index (χ0v) is 10.3. The summed E-state index contributed by atoms with van der Waals surface area (Å²) in [5.74, 6) is -0.479. The average molecular weight is 269 g/mol. The molecule has 0 unspecified atom stereocenters. The van der Waals surface area contributed by atoms with E-state index in [0.717, 1.165) is 4.88 Å². The van der Waals surface area contributed by atoms with Crippen LogP contribution >= 0.6 is 22.9 Å². The molecule has 0 saturated carbocycles. The Morgan fingerprint density at radius 2 is 2.24 bits per heavy atom. The summed E-state index contributed by atoms with van der Waals surface area (Å²) in [6, 6.07) is 8.47. The highest BCUT2D eigenvalue weighted by Gasteiger charge is 2.09. The van der Waals surface area contributed by atoms with Crippen molar-refractivity contribution < 1.29 is 14.6 Å². The third-order valence-electron chi connectivity index (χ3n) is 2.13. The quantitative estimate of drug-likeness (QED) is 0.920. The number of carboxylic acids is 1. The van der Waals surface area contributed by atoms with Gasteiger partial charge in [0.05, 0.1) is 10.6 Å². The van der Waals surface area contributed by atoms with E-state index in [-0.39, 0.29) is 10.6 Å². The van der Waals surface area contributed by atoms with Gasteiger partial charge in [-0.1, -0.05) is 17.7 Å². The molecule has 17 heavy (non-hydrogen) atoms. The van der Waals surface area contributed by atoms with Crippen LogP contribution in [-0.4, -0.2) is 11.1 Å². The Morgan fingerprint density at radius 1 is 1.41 bits per heavy atom. The van der Waals surface area contributed by atoms with Gasteiger partial charge in [0, 0.05) is 4.88 Å². The number of halogens is 1. The molecule has 2 rings (SSSR count). The normalized spacial score (nSPS) is 10.2. The minimum atomic E-state index is -1.04.